The minimum absolute atomic E-state index is 0.0851. The van der Waals surface area contributed by atoms with Crippen molar-refractivity contribution in [3.05, 3.63) is 72.8 Å². The van der Waals surface area contributed by atoms with Gasteiger partial charge < -0.3 is 19.5 Å². The number of fused-ring (bicyclic) bond motifs is 1. The first-order valence-electron chi connectivity index (χ1n) is 9.80. The fraction of sp³-hybridized carbons (Fsp3) is 0.174. The standard InChI is InChI=1S/C23H22N2O6S/c1-29-17-10-12-19(13-11-17)32(27,28)25-15-22(31-21-9-4-3-8-20(21)25)23(26)24-16-6-5-7-18(14-16)30-2/h3-14,22H,15H2,1-2H3,(H,24,26). The zero-order valence-electron chi connectivity index (χ0n) is 17.5. The highest BCUT2D eigenvalue weighted by Crippen LogP contribution is 2.37. The number of hydrogen-bond acceptors (Lipinski definition) is 6. The summed E-state index contributed by atoms with van der Waals surface area (Å²) in [5.41, 5.74) is 0.884. The fourth-order valence-corrected chi connectivity index (χ4v) is 4.84. The SMILES string of the molecule is COc1ccc(S(=O)(=O)N2CC(C(=O)Nc3cccc(OC)c3)Oc3ccccc32)cc1. The number of hydrogen-bond donors (Lipinski definition) is 1. The molecule has 1 aliphatic rings. The molecule has 8 nitrogen and oxygen atoms in total. The second kappa shape index (κ2) is 8.80. The van der Waals surface area contributed by atoms with Gasteiger partial charge in [0.25, 0.3) is 15.9 Å². The van der Waals surface area contributed by atoms with E-state index in [1.165, 1.54) is 30.7 Å². The molecule has 1 unspecified atom stereocenters. The van der Waals surface area contributed by atoms with E-state index in [9.17, 15) is 13.2 Å². The number of carbonyl (C=O) groups excluding carboxylic acids is 1. The van der Waals surface area contributed by atoms with Crippen LogP contribution in [0.2, 0.25) is 0 Å². The molecule has 0 aliphatic carbocycles. The molecule has 1 aliphatic heterocycles. The minimum Gasteiger partial charge on any atom is -0.497 e. The number of rotatable bonds is 6. The molecular weight excluding hydrogens is 432 g/mol. The van der Waals surface area contributed by atoms with Crippen molar-refractivity contribution in [2.75, 3.05) is 30.4 Å². The number of carbonyl (C=O) groups is 1. The molecule has 0 spiro atoms. The number of anilines is 2. The van der Waals surface area contributed by atoms with Gasteiger partial charge in [0.15, 0.2) is 6.10 Å². The molecule has 1 N–H and O–H groups in total. The Balaban J connectivity index is 1.64. The molecule has 1 atom stereocenters. The summed E-state index contributed by atoms with van der Waals surface area (Å²) in [6.45, 7) is -0.179. The van der Waals surface area contributed by atoms with E-state index in [-0.39, 0.29) is 11.4 Å². The number of nitrogens with one attached hydrogen (secondary N) is 1. The largest absolute Gasteiger partial charge is 0.497 e. The summed E-state index contributed by atoms with van der Waals surface area (Å²) in [5.74, 6) is 0.965. The Morgan fingerprint density at radius 2 is 1.69 bits per heavy atom. The van der Waals surface area contributed by atoms with Crippen LogP contribution in [0.3, 0.4) is 0 Å². The van der Waals surface area contributed by atoms with Crippen LogP contribution < -0.4 is 23.8 Å². The maximum absolute atomic E-state index is 13.4. The third-order valence-electron chi connectivity index (χ3n) is 5.01. The molecule has 32 heavy (non-hydrogen) atoms. The van der Waals surface area contributed by atoms with Gasteiger partial charge in [0, 0.05) is 11.8 Å². The third kappa shape index (κ3) is 4.19. The van der Waals surface area contributed by atoms with Gasteiger partial charge in [0.05, 0.1) is 31.3 Å². The van der Waals surface area contributed by atoms with Gasteiger partial charge in [-0.2, -0.15) is 0 Å². The Morgan fingerprint density at radius 1 is 0.969 bits per heavy atom. The van der Waals surface area contributed by atoms with E-state index >= 15 is 0 Å². The summed E-state index contributed by atoms with van der Waals surface area (Å²) >= 11 is 0. The van der Waals surface area contributed by atoms with Gasteiger partial charge >= 0.3 is 0 Å². The van der Waals surface area contributed by atoms with Crippen molar-refractivity contribution < 1.29 is 27.4 Å². The van der Waals surface area contributed by atoms with Gasteiger partial charge in [0.1, 0.15) is 17.2 Å². The van der Waals surface area contributed by atoms with Crippen LogP contribution in [0, 0.1) is 0 Å². The first-order valence-corrected chi connectivity index (χ1v) is 11.2. The van der Waals surface area contributed by atoms with Crippen molar-refractivity contribution in [1.82, 2.24) is 0 Å². The highest BCUT2D eigenvalue weighted by Gasteiger charge is 2.37. The molecule has 3 aromatic carbocycles. The molecule has 0 saturated heterocycles. The smallest absolute Gasteiger partial charge is 0.267 e. The first-order chi connectivity index (χ1) is 15.4. The highest BCUT2D eigenvalue weighted by atomic mass is 32.2. The summed E-state index contributed by atoms with van der Waals surface area (Å²) in [6, 6.07) is 19.7. The van der Waals surface area contributed by atoms with Crippen LogP contribution in [0.5, 0.6) is 17.2 Å². The van der Waals surface area contributed by atoms with Gasteiger partial charge in [-0.3, -0.25) is 9.10 Å². The lowest BCUT2D eigenvalue weighted by molar-refractivity contribution is -0.122. The Kier molecular flexibility index (Phi) is 5.91. The van der Waals surface area contributed by atoms with E-state index in [2.05, 4.69) is 5.32 Å². The van der Waals surface area contributed by atoms with Gasteiger partial charge in [-0.25, -0.2) is 8.42 Å². The normalized spacial score (nSPS) is 15.3. The fourth-order valence-electron chi connectivity index (χ4n) is 3.36. The number of benzene rings is 3. The lowest BCUT2D eigenvalue weighted by Crippen LogP contribution is -2.48. The van der Waals surface area contributed by atoms with Crippen LogP contribution in [0.25, 0.3) is 0 Å². The number of ether oxygens (including phenoxy) is 3. The van der Waals surface area contributed by atoms with E-state index in [1.807, 2.05) is 0 Å². The predicted molar refractivity (Wildman–Crippen MR) is 120 cm³/mol. The Hall–Kier alpha value is -3.72. The second-order valence-electron chi connectivity index (χ2n) is 7.01. The van der Waals surface area contributed by atoms with Crippen LogP contribution in [-0.2, 0) is 14.8 Å². The molecule has 1 heterocycles. The van der Waals surface area contributed by atoms with E-state index in [0.717, 1.165) is 0 Å². The average molecular weight is 455 g/mol. The van der Waals surface area contributed by atoms with Crippen molar-refractivity contribution >= 4 is 27.3 Å². The number of methoxy groups -OCH3 is 2. The summed E-state index contributed by atoms with van der Waals surface area (Å²) in [5, 5.41) is 2.76. The second-order valence-corrected chi connectivity index (χ2v) is 8.87. The third-order valence-corrected chi connectivity index (χ3v) is 6.81. The van der Waals surface area contributed by atoms with Gasteiger partial charge in [0.2, 0.25) is 0 Å². The Labute approximate surface area is 186 Å². The molecule has 0 aromatic heterocycles. The monoisotopic (exact) mass is 454 g/mol. The number of para-hydroxylation sites is 2. The first kappa shape index (κ1) is 21.5. The van der Waals surface area contributed by atoms with Gasteiger partial charge in [-0.15, -0.1) is 0 Å². The maximum atomic E-state index is 13.4. The zero-order chi connectivity index (χ0) is 22.7. The van der Waals surface area contributed by atoms with Gasteiger partial charge in [-0.1, -0.05) is 18.2 Å². The lowest BCUT2D eigenvalue weighted by Gasteiger charge is -2.34. The van der Waals surface area contributed by atoms with E-state index in [4.69, 9.17) is 14.2 Å². The zero-order valence-corrected chi connectivity index (χ0v) is 18.3. The van der Waals surface area contributed by atoms with Crippen LogP contribution in [0.15, 0.2) is 77.7 Å². The molecule has 0 bridgehead atoms. The summed E-state index contributed by atoms with van der Waals surface area (Å²) in [4.78, 5) is 13.0. The van der Waals surface area contributed by atoms with E-state index in [0.29, 0.717) is 28.6 Å². The highest BCUT2D eigenvalue weighted by molar-refractivity contribution is 7.92. The summed E-state index contributed by atoms with van der Waals surface area (Å²) in [7, 11) is -0.914. The molecule has 1 amide bonds. The maximum Gasteiger partial charge on any atom is 0.267 e. The molecule has 3 aromatic rings. The molecule has 0 radical (unpaired) electrons. The van der Waals surface area contributed by atoms with Gasteiger partial charge in [-0.05, 0) is 48.5 Å². The summed E-state index contributed by atoms with van der Waals surface area (Å²) in [6.07, 6.45) is -1.05. The van der Waals surface area contributed by atoms with E-state index in [1.54, 1.807) is 60.7 Å². The Morgan fingerprint density at radius 3 is 2.41 bits per heavy atom. The summed E-state index contributed by atoms with van der Waals surface area (Å²) < 4.78 is 44.2. The van der Waals surface area contributed by atoms with Crippen molar-refractivity contribution in [1.29, 1.82) is 0 Å². The van der Waals surface area contributed by atoms with Crippen molar-refractivity contribution in [3.63, 3.8) is 0 Å². The molecule has 166 valence electrons. The van der Waals surface area contributed by atoms with Crippen LogP contribution in [-0.4, -0.2) is 41.2 Å². The molecule has 0 saturated carbocycles. The predicted octanol–water partition coefficient (Wildman–Crippen LogP) is 3.30. The van der Waals surface area contributed by atoms with Crippen molar-refractivity contribution in [3.8, 4) is 17.2 Å². The topological polar surface area (TPSA) is 94.2 Å². The van der Waals surface area contributed by atoms with Crippen LogP contribution in [0.4, 0.5) is 11.4 Å². The van der Waals surface area contributed by atoms with Crippen molar-refractivity contribution in [2.24, 2.45) is 0 Å². The quantitative estimate of drug-likeness (QED) is 0.614. The molecule has 4 rings (SSSR count). The van der Waals surface area contributed by atoms with Crippen LogP contribution in [0.1, 0.15) is 0 Å². The van der Waals surface area contributed by atoms with Crippen LogP contribution >= 0.6 is 0 Å². The minimum atomic E-state index is -3.95. The van der Waals surface area contributed by atoms with Crippen molar-refractivity contribution in [2.45, 2.75) is 11.0 Å². The molecule has 9 heteroatoms. The Bertz CT molecular complexity index is 1230. The lowest BCUT2D eigenvalue weighted by atomic mass is 10.2. The number of sulfonamides is 1. The number of amides is 1. The number of nitrogens with zero attached hydrogens (tertiary/aromatic N) is 1. The molecular formula is C23H22N2O6S. The molecule has 0 fully saturated rings. The average Bonchev–Trinajstić information content (AvgIpc) is 2.83. The van der Waals surface area contributed by atoms with E-state index < -0.39 is 22.0 Å².